The normalized spacial score (nSPS) is 26.2. The molecule has 3 heterocycles. The summed E-state index contributed by atoms with van der Waals surface area (Å²) < 4.78 is 5.60. The van der Waals surface area contributed by atoms with E-state index in [0.717, 1.165) is 58.2 Å². The maximum atomic E-state index is 12.8. The van der Waals surface area contributed by atoms with Gasteiger partial charge in [-0.3, -0.25) is 19.5 Å². The van der Waals surface area contributed by atoms with Crippen LogP contribution in [-0.2, 0) is 20.9 Å². The number of pyridine rings is 1. The first-order chi connectivity index (χ1) is 12.6. The third-order valence-electron chi connectivity index (χ3n) is 6.15. The Morgan fingerprint density at radius 3 is 2.77 bits per heavy atom. The number of amides is 1. The van der Waals surface area contributed by atoms with Gasteiger partial charge in [0.15, 0.2) is 0 Å². The summed E-state index contributed by atoms with van der Waals surface area (Å²) in [5, 5.41) is 3.21. The minimum Gasteiger partial charge on any atom is -0.458 e. The summed E-state index contributed by atoms with van der Waals surface area (Å²) in [5.74, 6) is -0.493. The lowest BCUT2D eigenvalue weighted by Crippen LogP contribution is -2.49. The molecular weight excluding hydrogens is 330 g/mol. The number of nitrogens with zero attached hydrogens (tertiary/aromatic N) is 2. The molecule has 1 aromatic rings. The molecule has 1 spiro atoms. The minimum absolute atomic E-state index is 0.0171. The molecule has 4 rings (SSSR count). The molecule has 1 amide bonds. The van der Waals surface area contributed by atoms with E-state index in [9.17, 15) is 9.59 Å². The highest BCUT2D eigenvalue weighted by Gasteiger charge is 2.54. The predicted molar refractivity (Wildman–Crippen MR) is 96.1 cm³/mol. The Labute approximate surface area is 154 Å². The lowest BCUT2D eigenvalue weighted by Gasteiger charge is -2.34. The summed E-state index contributed by atoms with van der Waals surface area (Å²) in [6.07, 6.45) is 9.59. The van der Waals surface area contributed by atoms with Gasteiger partial charge in [0.25, 0.3) is 0 Å². The van der Waals surface area contributed by atoms with E-state index in [-0.39, 0.29) is 30.3 Å². The van der Waals surface area contributed by atoms with Crippen molar-refractivity contribution >= 4 is 11.9 Å². The molecule has 1 saturated carbocycles. The zero-order valence-electron chi connectivity index (χ0n) is 15.2. The van der Waals surface area contributed by atoms with Crippen molar-refractivity contribution < 1.29 is 14.3 Å². The topological polar surface area (TPSA) is 71.5 Å². The second-order valence-electron chi connectivity index (χ2n) is 7.92. The number of rotatable bonds is 4. The monoisotopic (exact) mass is 357 g/mol. The van der Waals surface area contributed by atoms with Gasteiger partial charge in [0, 0.05) is 38.1 Å². The van der Waals surface area contributed by atoms with Crippen molar-refractivity contribution in [2.24, 2.45) is 5.92 Å². The molecule has 1 atom stereocenters. The first-order valence-electron chi connectivity index (χ1n) is 9.78. The summed E-state index contributed by atoms with van der Waals surface area (Å²) in [7, 11) is 0. The van der Waals surface area contributed by atoms with Gasteiger partial charge in [-0.25, -0.2) is 0 Å². The SMILES string of the molecule is O=C1CC(C(=O)NC2CCN(Cc3cccnc3)CC2)C2(CCCC2)O1. The number of likely N-dealkylation sites (tertiary alicyclic amines) is 1. The van der Waals surface area contributed by atoms with Gasteiger partial charge < -0.3 is 10.1 Å². The third kappa shape index (κ3) is 3.61. The molecule has 2 aliphatic heterocycles. The maximum absolute atomic E-state index is 12.8. The number of carbonyl (C=O) groups is 2. The van der Waals surface area contributed by atoms with Crippen molar-refractivity contribution in [2.75, 3.05) is 13.1 Å². The molecule has 1 N–H and O–H groups in total. The molecular formula is C20H27N3O3. The van der Waals surface area contributed by atoms with E-state index in [1.807, 2.05) is 12.3 Å². The van der Waals surface area contributed by atoms with Gasteiger partial charge in [-0.2, -0.15) is 0 Å². The van der Waals surface area contributed by atoms with Gasteiger partial charge in [-0.05, 0) is 50.2 Å². The van der Waals surface area contributed by atoms with Crippen molar-refractivity contribution in [2.45, 2.75) is 63.1 Å². The summed E-state index contributed by atoms with van der Waals surface area (Å²) in [5.41, 5.74) is 0.710. The lowest BCUT2D eigenvalue weighted by atomic mass is 9.84. The van der Waals surface area contributed by atoms with Crippen LogP contribution in [0.1, 0.15) is 50.5 Å². The molecule has 3 aliphatic rings. The smallest absolute Gasteiger partial charge is 0.307 e. The van der Waals surface area contributed by atoms with Crippen LogP contribution in [0, 0.1) is 5.92 Å². The molecule has 1 aromatic heterocycles. The summed E-state index contributed by atoms with van der Waals surface area (Å²) in [4.78, 5) is 31.2. The molecule has 2 saturated heterocycles. The number of piperidine rings is 1. The van der Waals surface area contributed by atoms with Crippen molar-refractivity contribution in [3.63, 3.8) is 0 Å². The molecule has 0 bridgehead atoms. The number of esters is 1. The predicted octanol–water partition coefficient (Wildman–Crippen LogP) is 2.04. The van der Waals surface area contributed by atoms with Gasteiger partial charge in [0.05, 0.1) is 12.3 Å². The van der Waals surface area contributed by atoms with Crippen molar-refractivity contribution in [3.05, 3.63) is 30.1 Å². The van der Waals surface area contributed by atoms with E-state index in [1.165, 1.54) is 5.56 Å². The van der Waals surface area contributed by atoms with E-state index in [4.69, 9.17) is 4.74 Å². The zero-order valence-corrected chi connectivity index (χ0v) is 15.2. The van der Waals surface area contributed by atoms with E-state index in [2.05, 4.69) is 21.3 Å². The zero-order chi connectivity index (χ0) is 18.0. The number of ether oxygens (including phenoxy) is 1. The Hall–Kier alpha value is -1.95. The van der Waals surface area contributed by atoms with Crippen LogP contribution in [0.3, 0.4) is 0 Å². The van der Waals surface area contributed by atoms with Gasteiger partial charge in [-0.15, -0.1) is 0 Å². The molecule has 1 aliphatic carbocycles. The quantitative estimate of drug-likeness (QED) is 0.835. The largest absolute Gasteiger partial charge is 0.458 e. The molecule has 6 heteroatoms. The van der Waals surface area contributed by atoms with Crippen molar-refractivity contribution in [1.29, 1.82) is 0 Å². The Kier molecular flexibility index (Phi) is 4.94. The Balaban J connectivity index is 1.29. The molecule has 0 aromatic carbocycles. The van der Waals surface area contributed by atoms with Crippen LogP contribution < -0.4 is 5.32 Å². The van der Waals surface area contributed by atoms with E-state index in [1.54, 1.807) is 6.20 Å². The molecule has 6 nitrogen and oxygen atoms in total. The average molecular weight is 357 g/mol. The average Bonchev–Trinajstić information content (AvgIpc) is 3.24. The van der Waals surface area contributed by atoms with Gasteiger partial charge in [0.1, 0.15) is 5.60 Å². The van der Waals surface area contributed by atoms with E-state index in [0.29, 0.717) is 0 Å². The number of hydrogen-bond donors (Lipinski definition) is 1. The number of carbonyl (C=O) groups excluding carboxylic acids is 2. The van der Waals surface area contributed by atoms with Gasteiger partial charge in [0.2, 0.25) is 5.91 Å². The van der Waals surface area contributed by atoms with Crippen LogP contribution in [0.25, 0.3) is 0 Å². The summed E-state index contributed by atoms with van der Waals surface area (Å²) in [6, 6.07) is 4.26. The Morgan fingerprint density at radius 2 is 2.08 bits per heavy atom. The lowest BCUT2D eigenvalue weighted by molar-refractivity contribution is -0.150. The van der Waals surface area contributed by atoms with Crippen LogP contribution in [0.4, 0.5) is 0 Å². The van der Waals surface area contributed by atoms with Crippen LogP contribution in [-0.4, -0.2) is 46.5 Å². The van der Waals surface area contributed by atoms with E-state index >= 15 is 0 Å². The molecule has 3 fully saturated rings. The second-order valence-corrected chi connectivity index (χ2v) is 7.92. The first-order valence-corrected chi connectivity index (χ1v) is 9.78. The fraction of sp³-hybridized carbons (Fsp3) is 0.650. The fourth-order valence-corrected chi connectivity index (χ4v) is 4.73. The molecule has 26 heavy (non-hydrogen) atoms. The second kappa shape index (κ2) is 7.35. The van der Waals surface area contributed by atoms with Crippen molar-refractivity contribution in [3.8, 4) is 0 Å². The maximum Gasteiger partial charge on any atom is 0.307 e. The van der Waals surface area contributed by atoms with Crippen molar-refractivity contribution in [1.82, 2.24) is 15.2 Å². The molecule has 1 unspecified atom stereocenters. The van der Waals surface area contributed by atoms with Gasteiger partial charge >= 0.3 is 5.97 Å². The Bertz CT molecular complexity index is 650. The first kappa shape index (κ1) is 17.5. The van der Waals surface area contributed by atoms with Gasteiger partial charge in [-0.1, -0.05) is 6.07 Å². The van der Waals surface area contributed by atoms with E-state index < -0.39 is 5.60 Å². The summed E-state index contributed by atoms with van der Waals surface area (Å²) >= 11 is 0. The molecule has 0 radical (unpaired) electrons. The van der Waals surface area contributed by atoms with Crippen LogP contribution in [0.5, 0.6) is 0 Å². The minimum atomic E-state index is -0.512. The van der Waals surface area contributed by atoms with Crippen LogP contribution in [0.15, 0.2) is 24.5 Å². The standard InChI is InChI=1S/C20H27N3O3/c24-18-12-17(20(26-18)7-1-2-8-20)19(25)22-16-5-10-23(11-6-16)14-15-4-3-9-21-13-15/h3-4,9,13,16-17H,1-2,5-8,10-12,14H2,(H,22,25). The highest BCUT2D eigenvalue weighted by molar-refractivity contribution is 5.88. The van der Waals surface area contributed by atoms with Crippen LogP contribution in [0.2, 0.25) is 0 Å². The Morgan fingerprint density at radius 1 is 1.31 bits per heavy atom. The highest BCUT2D eigenvalue weighted by atomic mass is 16.6. The number of hydrogen-bond acceptors (Lipinski definition) is 5. The number of aromatic nitrogens is 1. The summed E-state index contributed by atoms with van der Waals surface area (Å²) in [6.45, 7) is 2.83. The van der Waals surface area contributed by atoms with Crippen LogP contribution >= 0.6 is 0 Å². The fourth-order valence-electron chi connectivity index (χ4n) is 4.73. The molecule has 140 valence electrons. The third-order valence-corrected chi connectivity index (χ3v) is 6.15. The highest BCUT2D eigenvalue weighted by Crippen LogP contribution is 2.45. The number of nitrogens with one attached hydrogen (secondary N) is 1.